The Morgan fingerprint density at radius 3 is 2.55 bits per heavy atom. The van der Waals surface area contributed by atoms with E-state index in [1.54, 1.807) is 6.92 Å². The van der Waals surface area contributed by atoms with E-state index in [-0.39, 0.29) is 12.4 Å². The van der Waals surface area contributed by atoms with Crippen LogP contribution in [0, 0.1) is 0 Å². The number of nitrogens with two attached hydrogens (primary N) is 1. The highest BCUT2D eigenvalue weighted by Gasteiger charge is 2.29. The van der Waals surface area contributed by atoms with Gasteiger partial charge in [-0.2, -0.15) is 0 Å². The van der Waals surface area contributed by atoms with Gasteiger partial charge in [0.2, 0.25) is 0 Å². The second kappa shape index (κ2) is 8.18. The Bertz CT molecular complexity index is 1530. The second-order valence-corrected chi connectivity index (χ2v) is 8.63. The van der Waals surface area contributed by atoms with Crippen LogP contribution in [0.2, 0.25) is 0 Å². The highest BCUT2D eigenvalue weighted by atomic mass is 32.1. The number of thiophene rings is 1. The average molecular weight is 456 g/mol. The molecule has 3 heterocycles. The molecule has 2 aromatic carbocycles. The molecule has 5 rings (SSSR count). The summed E-state index contributed by atoms with van der Waals surface area (Å²) < 4.78 is 5.49. The molecule has 0 saturated heterocycles. The summed E-state index contributed by atoms with van der Waals surface area (Å²) in [5.41, 5.74) is 10.8. The van der Waals surface area contributed by atoms with Gasteiger partial charge in [-0.1, -0.05) is 48.5 Å². The molecule has 0 atom stereocenters. The van der Waals surface area contributed by atoms with Crippen molar-refractivity contribution in [1.29, 1.82) is 0 Å². The highest BCUT2D eigenvalue weighted by Crippen LogP contribution is 2.46. The first-order chi connectivity index (χ1) is 16.0. The fourth-order valence-electron chi connectivity index (χ4n) is 4.17. The minimum absolute atomic E-state index is 0.140. The van der Waals surface area contributed by atoms with Gasteiger partial charge in [0, 0.05) is 46.1 Å². The van der Waals surface area contributed by atoms with Crippen molar-refractivity contribution in [2.24, 2.45) is 0 Å². The molecule has 0 saturated carbocycles. The Morgan fingerprint density at radius 1 is 1.09 bits per heavy atom. The van der Waals surface area contributed by atoms with Crippen molar-refractivity contribution in [3.63, 3.8) is 0 Å². The monoisotopic (exact) mass is 455 g/mol. The Labute approximate surface area is 194 Å². The second-order valence-electron chi connectivity index (χ2n) is 7.63. The number of carbonyl (C=O) groups is 2. The fraction of sp³-hybridized carbons (Fsp3) is 0.115. The smallest absolute Gasteiger partial charge is 0.341 e. The molecule has 0 spiro atoms. The first kappa shape index (κ1) is 20.9. The summed E-state index contributed by atoms with van der Waals surface area (Å²) in [6, 6.07) is 17.3. The van der Waals surface area contributed by atoms with Crippen LogP contribution in [0.25, 0.3) is 43.5 Å². The minimum atomic E-state index is -0.485. The summed E-state index contributed by atoms with van der Waals surface area (Å²) in [5.74, 6) is -0.625. The lowest BCUT2D eigenvalue weighted by Gasteiger charge is -2.15. The number of benzene rings is 2. The molecule has 0 amide bonds. The highest BCUT2D eigenvalue weighted by molar-refractivity contribution is 7.21. The van der Waals surface area contributed by atoms with Crippen molar-refractivity contribution in [3.05, 3.63) is 71.2 Å². The number of hydrogen-bond acceptors (Lipinski definition) is 6. The van der Waals surface area contributed by atoms with E-state index < -0.39 is 5.97 Å². The molecule has 0 aliphatic heterocycles. The number of fused-ring (bicyclic) bond motifs is 2. The van der Waals surface area contributed by atoms with E-state index in [0.717, 1.165) is 22.0 Å². The number of anilines is 1. The van der Waals surface area contributed by atoms with Crippen LogP contribution in [0.15, 0.2) is 60.8 Å². The molecular formula is C26H21N3O3S. The number of esters is 1. The number of Topliss-reactive ketones (excluding diaryl/α,β-unsaturated/α-hetero) is 1. The molecule has 0 aliphatic rings. The quantitative estimate of drug-likeness (QED) is 0.247. The van der Waals surface area contributed by atoms with E-state index >= 15 is 0 Å². The van der Waals surface area contributed by atoms with Gasteiger partial charge in [-0.3, -0.25) is 4.79 Å². The lowest BCUT2D eigenvalue weighted by atomic mass is 9.92. The van der Waals surface area contributed by atoms with E-state index in [1.807, 2.05) is 60.8 Å². The first-order valence-electron chi connectivity index (χ1n) is 10.6. The van der Waals surface area contributed by atoms with Gasteiger partial charge in [-0.05, 0) is 13.0 Å². The lowest BCUT2D eigenvalue weighted by Crippen LogP contribution is -2.10. The van der Waals surface area contributed by atoms with Gasteiger partial charge in [-0.25, -0.2) is 9.78 Å². The number of ether oxygens (including phenoxy) is 1. The summed E-state index contributed by atoms with van der Waals surface area (Å²) in [6.07, 6.45) is 1.86. The van der Waals surface area contributed by atoms with Crippen molar-refractivity contribution >= 4 is 49.9 Å². The molecule has 33 heavy (non-hydrogen) atoms. The molecule has 3 N–H and O–H groups in total. The van der Waals surface area contributed by atoms with Crippen LogP contribution in [0.1, 0.15) is 33.9 Å². The summed E-state index contributed by atoms with van der Waals surface area (Å²) in [7, 11) is 0. The molecule has 7 heteroatoms. The maximum absolute atomic E-state index is 13.4. The number of pyridine rings is 1. The Hall–Kier alpha value is -3.97. The van der Waals surface area contributed by atoms with Crippen molar-refractivity contribution in [3.8, 4) is 22.4 Å². The number of H-pyrrole nitrogens is 1. The van der Waals surface area contributed by atoms with Crippen molar-refractivity contribution in [1.82, 2.24) is 9.97 Å². The SMILES string of the molecule is CCOC(=O)c1c(-c2ccccc2)nc2sc(C(C)=O)c(N)c2c1-c1c[nH]c2ccccc12. The molecule has 6 nitrogen and oxygen atoms in total. The van der Waals surface area contributed by atoms with Crippen LogP contribution < -0.4 is 5.73 Å². The number of aromatic amines is 1. The average Bonchev–Trinajstić information content (AvgIpc) is 3.40. The van der Waals surface area contributed by atoms with Crippen LogP contribution in [0.3, 0.4) is 0 Å². The zero-order valence-electron chi connectivity index (χ0n) is 18.1. The zero-order chi connectivity index (χ0) is 23.1. The summed E-state index contributed by atoms with van der Waals surface area (Å²) in [5, 5.41) is 1.53. The van der Waals surface area contributed by atoms with Crippen LogP contribution in [0.4, 0.5) is 5.69 Å². The number of carbonyl (C=O) groups excluding carboxylic acids is 2. The number of rotatable bonds is 5. The molecule has 164 valence electrons. The normalized spacial score (nSPS) is 11.2. The minimum Gasteiger partial charge on any atom is -0.462 e. The largest absolute Gasteiger partial charge is 0.462 e. The molecular weight excluding hydrogens is 434 g/mol. The van der Waals surface area contributed by atoms with E-state index in [4.69, 9.17) is 15.5 Å². The third-order valence-corrected chi connectivity index (χ3v) is 6.78. The molecule has 0 aliphatic carbocycles. The number of hydrogen-bond donors (Lipinski definition) is 2. The maximum Gasteiger partial charge on any atom is 0.341 e. The van der Waals surface area contributed by atoms with Gasteiger partial charge >= 0.3 is 5.97 Å². The molecule has 5 aromatic rings. The summed E-state index contributed by atoms with van der Waals surface area (Å²) in [4.78, 5) is 34.9. The van der Waals surface area contributed by atoms with Gasteiger partial charge in [0.05, 0.1) is 28.4 Å². The molecule has 3 aromatic heterocycles. The standard InChI is InChI=1S/C26H21N3O3S/c1-3-32-26(31)21-19(17-13-28-18-12-8-7-11-16(17)18)20-22(27)24(14(2)30)33-25(20)29-23(21)15-9-5-4-6-10-15/h4-13,28H,3,27H2,1-2H3. The molecule has 0 radical (unpaired) electrons. The van der Waals surface area contributed by atoms with Gasteiger partial charge in [0.15, 0.2) is 5.78 Å². The van der Waals surface area contributed by atoms with Crippen molar-refractivity contribution in [2.75, 3.05) is 12.3 Å². The number of nitrogens with zero attached hydrogens (tertiary/aromatic N) is 1. The van der Waals surface area contributed by atoms with Crippen molar-refractivity contribution in [2.45, 2.75) is 13.8 Å². The predicted molar refractivity (Wildman–Crippen MR) is 133 cm³/mol. The van der Waals surface area contributed by atoms with Crippen LogP contribution in [-0.4, -0.2) is 28.3 Å². The molecule has 0 fully saturated rings. The van der Waals surface area contributed by atoms with E-state index in [1.165, 1.54) is 18.3 Å². The Balaban J connectivity index is 2.00. The van der Waals surface area contributed by atoms with Gasteiger partial charge in [0.1, 0.15) is 4.83 Å². The van der Waals surface area contributed by atoms with E-state index in [9.17, 15) is 9.59 Å². The topological polar surface area (TPSA) is 98.1 Å². The fourth-order valence-corrected chi connectivity index (χ4v) is 5.17. The van der Waals surface area contributed by atoms with Crippen LogP contribution in [0.5, 0.6) is 0 Å². The predicted octanol–water partition coefficient (Wildman–Crippen LogP) is 6.07. The van der Waals surface area contributed by atoms with E-state index in [2.05, 4.69) is 4.98 Å². The lowest BCUT2D eigenvalue weighted by molar-refractivity contribution is 0.0528. The Kier molecular flexibility index (Phi) is 5.18. The summed E-state index contributed by atoms with van der Waals surface area (Å²) >= 11 is 1.24. The summed E-state index contributed by atoms with van der Waals surface area (Å²) in [6.45, 7) is 3.47. The maximum atomic E-state index is 13.4. The number of nitrogen functional groups attached to an aromatic ring is 1. The van der Waals surface area contributed by atoms with Gasteiger partial charge in [-0.15, -0.1) is 11.3 Å². The zero-order valence-corrected chi connectivity index (χ0v) is 19.0. The van der Waals surface area contributed by atoms with E-state index in [0.29, 0.717) is 37.6 Å². The molecule has 0 bridgehead atoms. The Morgan fingerprint density at radius 2 is 1.82 bits per heavy atom. The third kappa shape index (κ3) is 3.37. The van der Waals surface area contributed by atoms with Crippen LogP contribution in [-0.2, 0) is 4.74 Å². The van der Waals surface area contributed by atoms with Crippen molar-refractivity contribution < 1.29 is 14.3 Å². The van der Waals surface area contributed by atoms with Crippen LogP contribution >= 0.6 is 11.3 Å². The number of para-hydroxylation sites is 1. The van der Waals surface area contributed by atoms with Gasteiger partial charge < -0.3 is 15.5 Å². The number of ketones is 1. The van der Waals surface area contributed by atoms with Gasteiger partial charge in [0.25, 0.3) is 0 Å². The third-order valence-electron chi connectivity index (χ3n) is 5.58. The first-order valence-corrected chi connectivity index (χ1v) is 11.4. The molecule has 0 unspecified atom stereocenters. The number of nitrogens with one attached hydrogen (secondary N) is 1. The number of aromatic nitrogens is 2.